The summed E-state index contributed by atoms with van der Waals surface area (Å²) in [5.41, 5.74) is 0. The quantitative estimate of drug-likeness (QED) is 0.616. The lowest BCUT2D eigenvalue weighted by Crippen LogP contribution is -2.44. The van der Waals surface area contributed by atoms with Crippen molar-refractivity contribution in [3.8, 4) is 6.07 Å². The first-order valence-electron chi connectivity index (χ1n) is 6.24. The van der Waals surface area contributed by atoms with Gasteiger partial charge in [0.2, 0.25) is 0 Å². The number of hydrogen-bond acceptors (Lipinski definition) is 5. The van der Waals surface area contributed by atoms with Gasteiger partial charge in [-0.05, 0) is 18.6 Å². The van der Waals surface area contributed by atoms with Crippen molar-refractivity contribution in [2.75, 3.05) is 13.2 Å². The van der Waals surface area contributed by atoms with Crippen molar-refractivity contribution < 1.29 is 21.8 Å². The first kappa shape index (κ1) is 15.4. The van der Waals surface area contributed by atoms with Gasteiger partial charge in [-0.2, -0.15) is 13.7 Å². The third-order valence-electron chi connectivity index (χ3n) is 3.16. The second-order valence-electron chi connectivity index (χ2n) is 4.55. The first-order valence-corrected chi connectivity index (χ1v) is 7.65. The molecule has 1 fully saturated rings. The van der Waals surface area contributed by atoms with Crippen LogP contribution in [0.15, 0.2) is 35.2 Å². The molecule has 1 aliphatic heterocycles. The molecule has 0 saturated carbocycles. The molecule has 1 heterocycles. The topological polar surface area (TPSA) is 87.5 Å². The highest BCUT2D eigenvalue weighted by Gasteiger charge is 2.44. The van der Waals surface area contributed by atoms with Gasteiger partial charge in [0.1, 0.15) is 12.7 Å². The average Bonchev–Trinajstić information content (AvgIpc) is 2.88. The van der Waals surface area contributed by atoms with Crippen molar-refractivity contribution in [2.24, 2.45) is 0 Å². The molecule has 112 valence electrons. The molecule has 0 spiro atoms. The summed E-state index contributed by atoms with van der Waals surface area (Å²) < 4.78 is 42.3. The zero-order valence-corrected chi connectivity index (χ0v) is 11.8. The van der Waals surface area contributed by atoms with Crippen LogP contribution < -0.4 is 0 Å². The van der Waals surface area contributed by atoms with Gasteiger partial charge in [0, 0.05) is 13.0 Å². The molecule has 8 heteroatoms. The number of hydrogen-bond donors (Lipinski definition) is 0. The number of rotatable bonds is 4. The Hall–Kier alpha value is -1.98. The number of nitrogens with zero attached hydrogens (tertiary/aromatic N) is 2. The van der Waals surface area contributed by atoms with Crippen LogP contribution in [0.5, 0.6) is 0 Å². The van der Waals surface area contributed by atoms with Gasteiger partial charge in [-0.25, -0.2) is 4.39 Å². The fourth-order valence-electron chi connectivity index (χ4n) is 2.08. The molecule has 1 unspecified atom stereocenters. The normalized spacial score (nSPS) is 22.0. The van der Waals surface area contributed by atoms with Crippen LogP contribution in [0.1, 0.15) is 12.8 Å². The van der Waals surface area contributed by atoms with E-state index >= 15 is 0 Å². The maximum Gasteiger partial charge on any atom is 0.297 e. The predicted molar refractivity (Wildman–Crippen MR) is 70.0 cm³/mol. The third kappa shape index (κ3) is 3.20. The number of carbonyl (C=O) groups excluding carboxylic acids is 1. The van der Waals surface area contributed by atoms with E-state index in [1.807, 2.05) is 0 Å². The van der Waals surface area contributed by atoms with Gasteiger partial charge >= 0.3 is 0 Å². The van der Waals surface area contributed by atoms with Gasteiger partial charge in [0.25, 0.3) is 21.8 Å². The molecule has 1 saturated heterocycles. The van der Waals surface area contributed by atoms with Crippen LogP contribution in [0.4, 0.5) is 4.39 Å². The van der Waals surface area contributed by atoms with E-state index in [0.29, 0.717) is 11.3 Å². The largest absolute Gasteiger partial charge is 0.297 e. The lowest BCUT2D eigenvalue weighted by Gasteiger charge is -2.24. The Bertz CT molecular complexity index is 671. The first-order chi connectivity index (χ1) is 9.89. The highest BCUT2D eigenvalue weighted by atomic mass is 32.2. The second-order valence-corrected chi connectivity index (χ2v) is 6.16. The SMILES string of the molecule is N#CC1(F)CCCN1C(=O)COS(=O)(=O)c1ccccc1. The van der Waals surface area contributed by atoms with Gasteiger partial charge < -0.3 is 0 Å². The minimum Gasteiger partial charge on any atom is -0.296 e. The van der Waals surface area contributed by atoms with E-state index in [9.17, 15) is 17.6 Å². The Morgan fingerprint density at radius 3 is 2.71 bits per heavy atom. The number of alkyl halides is 1. The molecule has 0 bridgehead atoms. The Kier molecular flexibility index (Phi) is 4.25. The van der Waals surface area contributed by atoms with Crippen LogP contribution in [-0.2, 0) is 19.1 Å². The zero-order chi connectivity index (χ0) is 15.5. The van der Waals surface area contributed by atoms with Crippen molar-refractivity contribution in [2.45, 2.75) is 23.5 Å². The molecule has 0 aliphatic carbocycles. The Balaban J connectivity index is 2.04. The summed E-state index contributed by atoms with van der Waals surface area (Å²) in [6, 6.07) is 8.75. The lowest BCUT2D eigenvalue weighted by molar-refractivity contribution is -0.140. The van der Waals surface area contributed by atoms with Crippen molar-refractivity contribution >= 4 is 16.0 Å². The molecule has 1 aromatic rings. The monoisotopic (exact) mass is 312 g/mol. The summed E-state index contributed by atoms with van der Waals surface area (Å²) in [5.74, 6) is -3.24. The molecule has 0 aromatic heterocycles. The van der Waals surface area contributed by atoms with Crippen LogP contribution >= 0.6 is 0 Å². The summed E-state index contributed by atoms with van der Waals surface area (Å²) in [6.45, 7) is -0.762. The molecule has 1 amide bonds. The summed E-state index contributed by atoms with van der Waals surface area (Å²) in [5, 5.41) is 8.77. The van der Waals surface area contributed by atoms with Crippen LogP contribution in [0, 0.1) is 11.3 Å². The van der Waals surface area contributed by atoms with Gasteiger partial charge in [0.15, 0.2) is 0 Å². The van der Waals surface area contributed by atoms with Crippen LogP contribution in [0.25, 0.3) is 0 Å². The summed E-state index contributed by atoms with van der Waals surface area (Å²) >= 11 is 0. The van der Waals surface area contributed by atoms with E-state index in [4.69, 9.17) is 5.26 Å². The molecular weight excluding hydrogens is 299 g/mol. The maximum absolute atomic E-state index is 14.0. The van der Waals surface area contributed by atoms with E-state index in [1.54, 1.807) is 6.07 Å². The van der Waals surface area contributed by atoms with Gasteiger partial charge in [-0.3, -0.25) is 13.9 Å². The second kappa shape index (κ2) is 5.79. The highest BCUT2D eigenvalue weighted by molar-refractivity contribution is 7.86. The molecule has 1 atom stereocenters. The Morgan fingerprint density at radius 2 is 2.10 bits per heavy atom. The standard InChI is InChI=1S/C13H13FN2O4S/c14-13(10-15)7-4-8-16(13)12(17)9-20-21(18,19)11-5-2-1-3-6-11/h1-3,5-6H,4,7-9H2. The van der Waals surface area contributed by atoms with E-state index in [1.165, 1.54) is 30.3 Å². The third-order valence-corrected chi connectivity index (χ3v) is 4.44. The predicted octanol–water partition coefficient (Wildman–Crippen LogP) is 1.20. The number of amides is 1. The van der Waals surface area contributed by atoms with E-state index in [0.717, 1.165) is 0 Å². The molecule has 2 rings (SSSR count). The fourth-order valence-corrected chi connectivity index (χ4v) is 2.97. The van der Waals surface area contributed by atoms with Crippen LogP contribution in [0.2, 0.25) is 0 Å². The van der Waals surface area contributed by atoms with Gasteiger partial charge in [-0.1, -0.05) is 18.2 Å². The Morgan fingerprint density at radius 1 is 1.43 bits per heavy atom. The number of carbonyl (C=O) groups is 1. The highest BCUT2D eigenvalue weighted by Crippen LogP contribution is 2.30. The number of halogens is 1. The summed E-state index contributed by atoms with van der Waals surface area (Å²) in [4.78, 5) is 12.5. The number of benzene rings is 1. The van der Waals surface area contributed by atoms with E-state index < -0.39 is 28.4 Å². The Labute approximate surface area is 121 Å². The average molecular weight is 312 g/mol. The zero-order valence-electron chi connectivity index (χ0n) is 11.0. The van der Waals surface area contributed by atoms with Crippen molar-refractivity contribution in [3.05, 3.63) is 30.3 Å². The molecule has 0 N–H and O–H groups in total. The summed E-state index contributed by atoms with van der Waals surface area (Å²) in [7, 11) is -4.08. The molecule has 0 radical (unpaired) electrons. The van der Waals surface area contributed by atoms with Crippen molar-refractivity contribution in [1.82, 2.24) is 4.90 Å². The van der Waals surface area contributed by atoms with Crippen LogP contribution in [-0.4, -0.2) is 38.2 Å². The minimum absolute atomic E-state index is 0.0671. The van der Waals surface area contributed by atoms with Crippen LogP contribution in [0.3, 0.4) is 0 Å². The van der Waals surface area contributed by atoms with Crippen molar-refractivity contribution in [3.63, 3.8) is 0 Å². The number of likely N-dealkylation sites (tertiary alicyclic amines) is 1. The van der Waals surface area contributed by atoms with E-state index in [2.05, 4.69) is 4.18 Å². The summed E-state index contributed by atoms with van der Waals surface area (Å²) in [6.07, 6.45) is 0.266. The number of nitriles is 1. The van der Waals surface area contributed by atoms with E-state index in [-0.39, 0.29) is 17.9 Å². The maximum atomic E-state index is 14.0. The fraction of sp³-hybridized carbons (Fsp3) is 0.385. The molecule has 1 aliphatic rings. The molecule has 6 nitrogen and oxygen atoms in total. The lowest BCUT2D eigenvalue weighted by atomic mass is 10.2. The van der Waals surface area contributed by atoms with Crippen molar-refractivity contribution in [1.29, 1.82) is 5.26 Å². The molecular formula is C13H13FN2O4S. The molecule has 1 aromatic carbocycles. The minimum atomic E-state index is -4.08. The van der Waals surface area contributed by atoms with Gasteiger partial charge in [-0.15, -0.1) is 0 Å². The van der Waals surface area contributed by atoms with Gasteiger partial charge in [0.05, 0.1) is 4.90 Å². The smallest absolute Gasteiger partial charge is 0.296 e. The molecule has 21 heavy (non-hydrogen) atoms.